The van der Waals surface area contributed by atoms with Crippen molar-refractivity contribution in [1.82, 2.24) is 15.5 Å². The lowest BCUT2D eigenvalue weighted by Crippen LogP contribution is -2.52. The van der Waals surface area contributed by atoms with Gasteiger partial charge in [-0.05, 0) is 53.0 Å². The molecule has 2 atom stereocenters. The average Bonchev–Trinajstić information content (AvgIpc) is 2.74. The lowest BCUT2D eigenvalue weighted by Gasteiger charge is -2.34. The van der Waals surface area contributed by atoms with E-state index in [0.717, 1.165) is 49.7 Å². The number of alkyl carbamates (subject to hydrolysis) is 1. The molecule has 0 saturated carbocycles. The Kier molecular flexibility index (Phi) is 12.7. The van der Waals surface area contributed by atoms with Crippen molar-refractivity contribution < 1.29 is 19.1 Å². The molecule has 0 saturated heterocycles. The minimum absolute atomic E-state index is 0.198. The number of carbonyl (C=O) groups is 3. The van der Waals surface area contributed by atoms with Gasteiger partial charge in [0.1, 0.15) is 17.7 Å². The van der Waals surface area contributed by atoms with E-state index >= 15 is 0 Å². The Labute approximate surface area is 206 Å². The van der Waals surface area contributed by atoms with Gasteiger partial charge in [-0.25, -0.2) is 4.79 Å². The molecule has 0 fully saturated rings. The summed E-state index contributed by atoms with van der Waals surface area (Å²) in [6.45, 7) is 14.1. The van der Waals surface area contributed by atoms with E-state index in [0.29, 0.717) is 13.1 Å². The zero-order valence-electron chi connectivity index (χ0n) is 22.2. The Morgan fingerprint density at radius 2 is 1.68 bits per heavy atom. The predicted molar refractivity (Wildman–Crippen MR) is 137 cm³/mol. The summed E-state index contributed by atoms with van der Waals surface area (Å²) in [6, 6.07) is 6.09. The highest BCUT2D eigenvalue weighted by Gasteiger charge is 2.34. The molecule has 0 aromatic heterocycles. The molecule has 2 unspecified atom stereocenters. The largest absolute Gasteiger partial charge is 0.444 e. The first-order chi connectivity index (χ1) is 16.0. The monoisotopic (exact) mass is 475 g/mol. The van der Waals surface area contributed by atoms with E-state index in [4.69, 9.17) is 4.74 Å². The van der Waals surface area contributed by atoms with Crippen LogP contribution in [0.2, 0.25) is 0 Å². The fourth-order valence-electron chi connectivity index (χ4n) is 3.69. The minimum Gasteiger partial charge on any atom is -0.444 e. The highest BCUT2D eigenvalue weighted by Crippen LogP contribution is 2.24. The maximum absolute atomic E-state index is 13.6. The topological polar surface area (TPSA) is 87.7 Å². The standard InChI is InChI=1S/C27H45N3O4/c1-8-10-12-17-28-24(31)23(22-16-14-15-20(3)19-22)30(18-13-11-9-2)25(32)21(4)29-26(33)34-27(5,6)7/h14-16,19,21,23H,8-13,17-18H2,1-7H3,(H,28,31)(H,29,33). The molecule has 0 spiro atoms. The summed E-state index contributed by atoms with van der Waals surface area (Å²) in [5.41, 5.74) is 1.11. The van der Waals surface area contributed by atoms with Crippen LogP contribution in [0, 0.1) is 6.92 Å². The zero-order chi connectivity index (χ0) is 25.7. The van der Waals surface area contributed by atoms with E-state index < -0.39 is 23.8 Å². The number of ether oxygens (including phenoxy) is 1. The zero-order valence-corrected chi connectivity index (χ0v) is 22.2. The van der Waals surface area contributed by atoms with Crippen LogP contribution in [0.3, 0.4) is 0 Å². The van der Waals surface area contributed by atoms with E-state index in [1.165, 1.54) is 0 Å². The van der Waals surface area contributed by atoms with Crippen LogP contribution in [0.25, 0.3) is 0 Å². The summed E-state index contributed by atoms with van der Waals surface area (Å²) < 4.78 is 5.32. The molecule has 0 radical (unpaired) electrons. The smallest absolute Gasteiger partial charge is 0.408 e. The Bertz CT molecular complexity index is 788. The lowest BCUT2D eigenvalue weighted by molar-refractivity contribution is -0.142. The van der Waals surface area contributed by atoms with Crippen molar-refractivity contribution in [3.63, 3.8) is 0 Å². The predicted octanol–water partition coefficient (Wildman–Crippen LogP) is 5.27. The number of nitrogens with zero attached hydrogens (tertiary/aromatic N) is 1. The molecule has 0 heterocycles. The molecule has 0 aliphatic rings. The summed E-state index contributed by atoms with van der Waals surface area (Å²) in [6.07, 6.45) is 5.04. The van der Waals surface area contributed by atoms with Crippen LogP contribution >= 0.6 is 0 Å². The number of aryl methyl sites for hydroxylation is 1. The third kappa shape index (κ3) is 10.6. The highest BCUT2D eigenvalue weighted by atomic mass is 16.6. The number of nitrogens with one attached hydrogen (secondary N) is 2. The van der Waals surface area contributed by atoms with Crippen molar-refractivity contribution in [2.45, 2.75) is 105 Å². The fourth-order valence-corrected chi connectivity index (χ4v) is 3.69. The van der Waals surface area contributed by atoms with Crippen molar-refractivity contribution in [2.24, 2.45) is 0 Å². The SMILES string of the molecule is CCCCCNC(=O)C(c1cccc(C)c1)N(CCCCC)C(=O)C(C)NC(=O)OC(C)(C)C. The van der Waals surface area contributed by atoms with Gasteiger partial charge in [0.15, 0.2) is 0 Å². The van der Waals surface area contributed by atoms with Crippen molar-refractivity contribution in [1.29, 1.82) is 0 Å². The Balaban J connectivity index is 3.22. The van der Waals surface area contributed by atoms with E-state index in [1.54, 1.807) is 32.6 Å². The molecule has 7 heteroatoms. The third-order valence-corrected chi connectivity index (χ3v) is 5.39. The molecular formula is C27H45N3O4. The summed E-state index contributed by atoms with van der Waals surface area (Å²) in [7, 11) is 0. The van der Waals surface area contributed by atoms with E-state index in [9.17, 15) is 14.4 Å². The quantitative estimate of drug-likeness (QED) is 0.380. The molecule has 3 amide bonds. The number of hydrogen-bond acceptors (Lipinski definition) is 4. The van der Waals surface area contributed by atoms with Gasteiger partial charge in [0.25, 0.3) is 0 Å². The first kappa shape index (κ1) is 29.5. The van der Waals surface area contributed by atoms with Crippen LogP contribution in [0.1, 0.15) is 97.2 Å². The second-order valence-corrected chi connectivity index (χ2v) is 9.92. The first-order valence-electron chi connectivity index (χ1n) is 12.6. The molecule has 1 rings (SSSR count). The fraction of sp³-hybridized carbons (Fsp3) is 0.667. The Morgan fingerprint density at radius 1 is 1.03 bits per heavy atom. The minimum atomic E-state index is -0.836. The van der Waals surface area contributed by atoms with Crippen molar-refractivity contribution in [3.05, 3.63) is 35.4 Å². The molecule has 1 aromatic rings. The second kappa shape index (κ2) is 14.6. The molecule has 192 valence electrons. The number of carbonyl (C=O) groups excluding carboxylic acids is 3. The van der Waals surface area contributed by atoms with Gasteiger partial charge in [0, 0.05) is 13.1 Å². The van der Waals surface area contributed by atoms with Crippen LogP contribution in [0.4, 0.5) is 4.79 Å². The molecule has 0 aliphatic heterocycles. The number of unbranched alkanes of at least 4 members (excludes halogenated alkanes) is 4. The third-order valence-electron chi connectivity index (χ3n) is 5.39. The Hall–Kier alpha value is -2.57. The van der Waals surface area contributed by atoms with Gasteiger partial charge in [-0.1, -0.05) is 69.4 Å². The van der Waals surface area contributed by atoms with Crippen LogP contribution in [-0.4, -0.2) is 47.5 Å². The normalized spacial score (nSPS) is 13.0. The average molecular weight is 476 g/mol. The van der Waals surface area contributed by atoms with Gasteiger partial charge in [-0.3, -0.25) is 9.59 Å². The van der Waals surface area contributed by atoms with Crippen molar-refractivity contribution >= 4 is 17.9 Å². The molecule has 34 heavy (non-hydrogen) atoms. The molecule has 2 N–H and O–H groups in total. The van der Waals surface area contributed by atoms with Crippen molar-refractivity contribution in [2.75, 3.05) is 13.1 Å². The van der Waals surface area contributed by atoms with Gasteiger partial charge < -0.3 is 20.3 Å². The van der Waals surface area contributed by atoms with Crippen LogP contribution < -0.4 is 10.6 Å². The second-order valence-electron chi connectivity index (χ2n) is 9.92. The van der Waals surface area contributed by atoms with Gasteiger partial charge in [0.2, 0.25) is 11.8 Å². The van der Waals surface area contributed by atoms with Crippen molar-refractivity contribution in [3.8, 4) is 0 Å². The van der Waals surface area contributed by atoms with Crippen LogP contribution in [0.15, 0.2) is 24.3 Å². The van der Waals surface area contributed by atoms with E-state index in [1.807, 2.05) is 31.2 Å². The number of benzene rings is 1. The molecular weight excluding hydrogens is 430 g/mol. The first-order valence-corrected chi connectivity index (χ1v) is 12.6. The maximum atomic E-state index is 13.6. The summed E-state index contributed by atoms with van der Waals surface area (Å²) in [5, 5.41) is 5.67. The molecule has 7 nitrogen and oxygen atoms in total. The molecule has 0 bridgehead atoms. The highest BCUT2D eigenvalue weighted by molar-refractivity contribution is 5.92. The summed E-state index contributed by atoms with van der Waals surface area (Å²) >= 11 is 0. The Morgan fingerprint density at radius 3 is 2.26 bits per heavy atom. The van der Waals surface area contributed by atoms with Crippen LogP contribution in [-0.2, 0) is 14.3 Å². The van der Waals surface area contributed by atoms with E-state index in [2.05, 4.69) is 24.5 Å². The van der Waals surface area contributed by atoms with Crippen LogP contribution in [0.5, 0.6) is 0 Å². The number of rotatable bonds is 13. The molecule has 0 aliphatic carbocycles. The molecule has 1 aromatic carbocycles. The summed E-state index contributed by atoms with van der Waals surface area (Å²) in [4.78, 5) is 40.9. The van der Waals surface area contributed by atoms with Gasteiger partial charge in [0.05, 0.1) is 0 Å². The van der Waals surface area contributed by atoms with E-state index in [-0.39, 0.29) is 11.8 Å². The van der Waals surface area contributed by atoms with Gasteiger partial charge in [-0.15, -0.1) is 0 Å². The van der Waals surface area contributed by atoms with Gasteiger partial charge >= 0.3 is 6.09 Å². The lowest BCUT2D eigenvalue weighted by atomic mass is 10.0. The number of amides is 3. The summed E-state index contributed by atoms with van der Waals surface area (Å²) in [5.74, 6) is -0.506. The number of hydrogen-bond donors (Lipinski definition) is 2. The maximum Gasteiger partial charge on any atom is 0.408 e. The van der Waals surface area contributed by atoms with Gasteiger partial charge in [-0.2, -0.15) is 0 Å².